The van der Waals surface area contributed by atoms with Crippen LogP contribution in [0.4, 0.5) is 0 Å². The van der Waals surface area contributed by atoms with Crippen LogP contribution in [0, 0.1) is 5.92 Å². The lowest BCUT2D eigenvalue weighted by atomic mass is 10.0. The van der Waals surface area contributed by atoms with E-state index >= 15 is 0 Å². The Hall–Kier alpha value is -0.220. The monoisotopic (exact) mass is 244 g/mol. The van der Waals surface area contributed by atoms with Gasteiger partial charge in [0, 0.05) is 24.1 Å². The van der Waals surface area contributed by atoms with E-state index in [2.05, 4.69) is 31.4 Å². The van der Waals surface area contributed by atoms with Crippen LogP contribution in [-0.2, 0) is 4.79 Å². The molecule has 0 aromatic carbocycles. The first-order valence-corrected chi connectivity index (χ1v) is 7.40. The molecule has 1 saturated heterocycles. The summed E-state index contributed by atoms with van der Waals surface area (Å²) in [6.07, 6.45) is 2.25. The summed E-state index contributed by atoms with van der Waals surface area (Å²) in [5, 5.41) is 6.36. The first-order chi connectivity index (χ1) is 7.63. The average Bonchev–Trinajstić information content (AvgIpc) is 2.29. The quantitative estimate of drug-likeness (QED) is 0.772. The standard InChI is InChI=1S/C12H24N2OS/c1-4-9(2)7-10(3)14-12(15)11-8-16-6-5-13-11/h9-11,13H,4-8H2,1-3H3,(H,14,15). The third-order valence-corrected chi connectivity index (χ3v) is 4.14. The maximum atomic E-state index is 11.9. The van der Waals surface area contributed by atoms with Gasteiger partial charge in [-0.2, -0.15) is 11.8 Å². The summed E-state index contributed by atoms with van der Waals surface area (Å²) >= 11 is 1.85. The summed E-state index contributed by atoms with van der Waals surface area (Å²) in [7, 11) is 0. The lowest BCUT2D eigenvalue weighted by Crippen LogP contribution is -2.51. The summed E-state index contributed by atoms with van der Waals surface area (Å²) in [5.41, 5.74) is 0. The largest absolute Gasteiger partial charge is 0.352 e. The normalized spacial score (nSPS) is 24.8. The molecule has 2 N–H and O–H groups in total. The van der Waals surface area contributed by atoms with Crippen molar-refractivity contribution in [2.75, 3.05) is 18.1 Å². The molecule has 0 bridgehead atoms. The van der Waals surface area contributed by atoms with Crippen LogP contribution in [0.2, 0.25) is 0 Å². The lowest BCUT2D eigenvalue weighted by molar-refractivity contribution is -0.123. The van der Waals surface area contributed by atoms with Crippen molar-refractivity contribution >= 4 is 17.7 Å². The van der Waals surface area contributed by atoms with Gasteiger partial charge in [-0.1, -0.05) is 20.3 Å². The molecule has 0 spiro atoms. The maximum absolute atomic E-state index is 11.9. The third-order valence-electron chi connectivity index (χ3n) is 3.08. The highest BCUT2D eigenvalue weighted by atomic mass is 32.2. The molecule has 3 atom stereocenters. The van der Waals surface area contributed by atoms with Gasteiger partial charge in [-0.15, -0.1) is 0 Å². The molecule has 0 radical (unpaired) electrons. The molecular weight excluding hydrogens is 220 g/mol. The number of thioether (sulfide) groups is 1. The first kappa shape index (κ1) is 13.8. The molecule has 1 aliphatic rings. The molecule has 3 unspecified atom stereocenters. The Morgan fingerprint density at radius 1 is 1.56 bits per heavy atom. The first-order valence-electron chi connectivity index (χ1n) is 6.25. The molecule has 1 rings (SSSR count). The Morgan fingerprint density at radius 2 is 2.31 bits per heavy atom. The van der Waals surface area contributed by atoms with Crippen molar-refractivity contribution in [3.8, 4) is 0 Å². The smallest absolute Gasteiger partial charge is 0.238 e. The van der Waals surface area contributed by atoms with Crippen molar-refractivity contribution < 1.29 is 4.79 Å². The number of hydrogen-bond acceptors (Lipinski definition) is 3. The minimum Gasteiger partial charge on any atom is -0.352 e. The van der Waals surface area contributed by atoms with E-state index < -0.39 is 0 Å². The topological polar surface area (TPSA) is 41.1 Å². The van der Waals surface area contributed by atoms with Gasteiger partial charge in [0.05, 0.1) is 6.04 Å². The van der Waals surface area contributed by atoms with E-state index in [1.54, 1.807) is 0 Å². The molecule has 1 amide bonds. The number of hydrogen-bond donors (Lipinski definition) is 2. The number of carbonyl (C=O) groups excluding carboxylic acids is 1. The van der Waals surface area contributed by atoms with Crippen LogP contribution in [0.5, 0.6) is 0 Å². The van der Waals surface area contributed by atoms with Gasteiger partial charge in [0.2, 0.25) is 5.91 Å². The van der Waals surface area contributed by atoms with Gasteiger partial charge >= 0.3 is 0 Å². The highest BCUT2D eigenvalue weighted by molar-refractivity contribution is 7.99. The Bertz CT molecular complexity index is 217. The Balaban J connectivity index is 2.26. The molecule has 3 nitrogen and oxygen atoms in total. The van der Waals surface area contributed by atoms with Crippen molar-refractivity contribution in [1.29, 1.82) is 0 Å². The second-order valence-electron chi connectivity index (χ2n) is 4.74. The Labute approximate surface area is 103 Å². The van der Waals surface area contributed by atoms with Crippen molar-refractivity contribution in [3.05, 3.63) is 0 Å². The fourth-order valence-corrected chi connectivity index (χ4v) is 2.84. The third kappa shape index (κ3) is 4.74. The number of nitrogens with one attached hydrogen (secondary N) is 2. The molecule has 0 saturated carbocycles. The predicted molar refractivity (Wildman–Crippen MR) is 70.8 cm³/mol. The highest BCUT2D eigenvalue weighted by Gasteiger charge is 2.22. The van der Waals surface area contributed by atoms with Gasteiger partial charge in [0.15, 0.2) is 0 Å². The zero-order chi connectivity index (χ0) is 12.0. The molecule has 1 heterocycles. The van der Waals surface area contributed by atoms with Crippen molar-refractivity contribution in [2.45, 2.75) is 45.7 Å². The van der Waals surface area contributed by atoms with Gasteiger partial charge in [-0.3, -0.25) is 4.79 Å². The summed E-state index contributed by atoms with van der Waals surface area (Å²) in [6.45, 7) is 7.47. The van der Waals surface area contributed by atoms with Gasteiger partial charge in [0.25, 0.3) is 0 Å². The Morgan fingerprint density at radius 3 is 2.88 bits per heavy atom. The minimum absolute atomic E-state index is 0.0122. The summed E-state index contributed by atoms with van der Waals surface area (Å²) in [6, 6.07) is 0.300. The molecule has 0 aliphatic carbocycles. The fraction of sp³-hybridized carbons (Fsp3) is 0.917. The predicted octanol–water partition coefficient (Wildman–Crippen LogP) is 1.63. The molecule has 1 aliphatic heterocycles. The van der Waals surface area contributed by atoms with E-state index in [0.717, 1.165) is 24.5 Å². The number of rotatable bonds is 5. The SMILES string of the molecule is CCC(C)CC(C)NC(=O)C1CSCCN1. The van der Waals surface area contributed by atoms with Crippen LogP contribution in [0.25, 0.3) is 0 Å². The van der Waals surface area contributed by atoms with Gasteiger partial charge in [-0.05, 0) is 19.3 Å². The summed E-state index contributed by atoms with van der Waals surface area (Å²) in [4.78, 5) is 11.9. The number of amides is 1. The van der Waals surface area contributed by atoms with E-state index in [9.17, 15) is 4.79 Å². The molecule has 0 aromatic rings. The molecular formula is C12H24N2OS. The van der Waals surface area contributed by atoms with E-state index in [1.165, 1.54) is 6.42 Å². The van der Waals surface area contributed by atoms with Crippen LogP contribution in [0.15, 0.2) is 0 Å². The van der Waals surface area contributed by atoms with Crippen LogP contribution >= 0.6 is 11.8 Å². The van der Waals surface area contributed by atoms with E-state index in [-0.39, 0.29) is 18.0 Å². The molecule has 94 valence electrons. The summed E-state index contributed by atoms with van der Waals surface area (Å²) < 4.78 is 0. The minimum atomic E-state index is 0.0122. The zero-order valence-corrected chi connectivity index (χ0v) is 11.4. The summed E-state index contributed by atoms with van der Waals surface area (Å²) in [5.74, 6) is 2.88. The van der Waals surface area contributed by atoms with Crippen molar-refractivity contribution in [1.82, 2.24) is 10.6 Å². The molecule has 4 heteroatoms. The van der Waals surface area contributed by atoms with Crippen LogP contribution < -0.4 is 10.6 Å². The molecule has 1 fully saturated rings. The lowest BCUT2D eigenvalue weighted by Gasteiger charge is -2.25. The van der Waals surface area contributed by atoms with Crippen LogP contribution in [0.1, 0.15) is 33.6 Å². The van der Waals surface area contributed by atoms with Gasteiger partial charge in [0.1, 0.15) is 0 Å². The second kappa shape index (κ2) is 7.17. The molecule has 0 aromatic heterocycles. The Kier molecular flexibility index (Phi) is 6.21. The van der Waals surface area contributed by atoms with E-state index in [1.807, 2.05) is 11.8 Å². The molecule has 16 heavy (non-hydrogen) atoms. The second-order valence-corrected chi connectivity index (χ2v) is 5.89. The van der Waals surface area contributed by atoms with E-state index in [0.29, 0.717) is 5.92 Å². The van der Waals surface area contributed by atoms with Crippen LogP contribution in [0.3, 0.4) is 0 Å². The zero-order valence-electron chi connectivity index (χ0n) is 10.6. The van der Waals surface area contributed by atoms with Crippen molar-refractivity contribution in [3.63, 3.8) is 0 Å². The number of carbonyl (C=O) groups is 1. The highest BCUT2D eigenvalue weighted by Crippen LogP contribution is 2.11. The van der Waals surface area contributed by atoms with Gasteiger partial charge < -0.3 is 10.6 Å². The maximum Gasteiger partial charge on any atom is 0.238 e. The van der Waals surface area contributed by atoms with E-state index in [4.69, 9.17) is 0 Å². The van der Waals surface area contributed by atoms with Gasteiger partial charge in [-0.25, -0.2) is 0 Å². The van der Waals surface area contributed by atoms with Crippen molar-refractivity contribution in [2.24, 2.45) is 5.92 Å². The fourth-order valence-electron chi connectivity index (χ4n) is 1.91. The average molecular weight is 244 g/mol. The van der Waals surface area contributed by atoms with Crippen LogP contribution in [-0.4, -0.2) is 36.0 Å².